The Bertz CT molecular complexity index is 1130. The zero-order valence-electron chi connectivity index (χ0n) is 17.5. The Morgan fingerprint density at radius 3 is 2.56 bits per heavy atom. The van der Waals surface area contributed by atoms with Crippen molar-refractivity contribution in [3.63, 3.8) is 0 Å². The number of imidazole rings is 1. The fourth-order valence-electron chi connectivity index (χ4n) is 3.60. The molecule has 2 heterocycles. The van der Waals surface area contributed by atoms with Crippen LogP contribution in [0.5, 0.6) is 0 Å². The third kappa shape index (κ3) is 4.36. The van der Waals surface area contributed by atoms with Crippen LogP contribution in [0.25, 0.3) is 11.0 Å². The molecule has 10 heteroatoms. The van der Waals surface area contributed by atoms with Crippen molar-refractivity contribution >= 4 is 23.0 Å². The summed E-state index contributed by atoms with van der Waals surface area (Å²) in [4.78, 5) is 21.4. The number of aliphatic hydroxyl groups is 1. The quantitative estimate of drug-likeness (QED) is 0.462. The third-order valence-corrected chi connectivity index (χ3v) is 5.71. The number of urea groups is 1. The van der Waals surface area contributed by atoms with Crippen molar-refractivity contribution in [3.05, 3.63) is 59.2 Å². The first-order valence-electron chi connectivity index (χ1n) is 10.3. The number of aromatic nitrogens is 2. The van der Waals surface area contributed by atoms with E-state index in [0.717, 1.165) is 37.2 Å². The Hall–Kier alpha value is -3.27. The average molecular weight is 447 g/mol. The van der Waals surface area contributed by atoms with Gasteiger partial charge >= 0.3 is 12.2 Å². The molecule has 1 unspecified atom stereocenters. The third-order valence-electron chi connectivity index (χ3n) is 5.71. The molecule has 3 aromatic rings. The van der Waals surface area contributed by atoms with E-state index in [1.165, 1.54) is 12.1 Å². The highest BCUT2D eigenvalue weighted by atomic mass is 19.4. The monoisotopic (exact) mass is 447 g/mol. The number of H-pyrrole nitrogens is 1. The van der Waals surface area contributed by atoms with Crippen molar-refractivity contribution in [1.29, 1.82) is 0 Å². The van der Waals surface area contributed by atoms with E-state index in [1.54, 1.807) is 11.8 Å². The summed E-state index contributed by atoms with van der Waals surface area (Å²) in [7, 11) is 0. The van der Waals surface area contributed by atoms with Crippen LogP contribution in [0.4, 0.5) is 23.9 Å². The first kappa shape index (κ1) is 21.9. The molecule has 1 atom stereocenters. The van der Waals surface area contributed by atoms with Crippen molar-refractivity contribution in [2.45, 2.75) is 31.6 Å². The van der Waals surface area contributed by atoms with E-state index in [-0.39, 0.29) is 11.6 Å². The van der Waals surface area contributed by atoms with Gasteiger partial charge in [-0.2, -0.15) is 13.2 Å². The van der Waals surface area contributed by atoms with Crippen LogP contribution in [-0.4, -0.2) is 45.7 Å². The van der Waals surface area contributed by atoms with Crippen LogP contribution in [0, 0.1) is 0 Å². The zero-order chi connectivity index (χ0) is 22.9. The summed E-state index contributed by atoms with van der Waals surface area (Å²) in [5.41, 5.74) is 0.404. The Kier molecular flexibility index (Phi) is 5.72. The number of para-hydroxylation sites is 1. The normalized spacial score (nSPS) is 15.8. The second-order valence-electron chi connectivity index (χ2n) is 8.09. The number of amides is 2. The van der Waals surface area contributed by atoms with Crippen molar-refractivity contribution in [2.24, 2.45) is 0 Å². The van der Waals surface area contributed by atoms with Gasteiger partial charge in [0.2, 0.25) is 5.95 Å². The predicted octanol–water partition coefficient (Wildman–Crippen LogP) is 3.82. The number of likely N-dealkylation sites (tertiary alicyclic amines) is 1. The zero-order valence-corrected chi connectivity index (χ0v) is 17.5. The van der Waals surface area contributed by atoms with Crippen molar-refractivity contribution < 1.29 is 23.1 Å². The summed E-state index contributed by atoms with van der Waals surface area (Å²) in [5.74, 6) is 0.301. The molecule has 1 saturated heterocycles. The van der Waals surface area contributed by atoms with Gasteiger partial charge in [-0.1, -0.05) is 24.3 Å². The number of halogens is 3. The van der Waals surface area contributed by atoms with Gasteiger partial charge in [-0.3, -0.25) is 0 Å². The smallest absolute Gasteiger partial charge is 0.394 e. The number of hydrogen-bond acceptors (Lipinski definition) is 4. The molecule has 2 aromatic carbocycles. The second kappa shape index (κ2) is 8.34. The van der Waals surface area contributed by atoms with Gasteiger partial charge in [-0.05, 0) is 42.7 Å². The predicted molar refractivity (Wildman–Crippen MR) is 114 cm³/mol. The molecule has 1 fully saturated rings. The molecule has 32 heavy (non-hydrogen) atoms. The molecular weight excluding hydrogens is 423 g/mol. The number of anilines is 1. The second-order valence-corrected chi connectivity index (χ2v) is 8.09. The number of carbonyl (C=O) groups excluding carboxylic acids is 1. The number of aliphatic hydroxyl groups excluding tert-OH is 1. The maximum atomic E-state index is 13.1. The van der Waals surface area contributed by atoms with Crippen LogP contribution in [0.2, 0.25) is 0 Å². The molecule has 0 saturated carbocycles. The fourth-order valence-corrected chi connectivity index (χ4v) is 3.60. The van der Waals surface area contributed by atoms with Gasteiger partial charge in [0.15, 0.2) is 0 Å². The van der Waals surface area contributed by atoms with Crippen molar-refractivity contribution in [3.8, 4) is 0 Å². The molecule has 4 N–H and O–H groups in total. The number of hydrogen-bond donors (Lipinski definition) is 4. The largest absolute Gasteiger partial charge is 0.416 e. The number of carbonyl (C=O) groups is 1. The molecule has 4 rings (SSSR count). The molecular formula is C22H24F3N5O2. The summed E-state index contributed by atoms with van der Waals surface area (Å²) >= 11 is 0. The summed E-state index contributed by atoms with van der Waals surface area (Å²) in [6, 6.07) is 10.2. The molecule has 1 aromatic heterocycles. The van der Waals surface area contributed by atoms with E-state index in [0.29, 0.717) is 23.5 Å². The Morgan fingerprint density at radius 2 is 1.91 bits per heavy atom. The number of nitrogens with one attached hydrogen (secondary N) is 3. The highest BCUT2D eigenvalue weighted by Crippen LogP contribution is 2.33. The minimum Gasteiger partial charge on any atom is -0.394 e. The lowest BCUT2D eigenvalue weighted by Crippen LogP contribution is -2.47. The molecule has 1 aliphatic rings. The topological polar surface area (TPSA) is 93.3 Å². The van der Waals surface area contributed by atoms with E-state index in [4.69, 9.17) is 0 Å². The van der Waals surface area contributed by atoms with E-state index in [2.05, 4.69) is 20.6 Å². The Balaban J connectivity index is 1.57. The van der Waals surface area contributed by atoms with Gasteiger partial charge in [0.25, 0.3) is 0 Å². The van der Waals surface area contributed by atoms with Crippen LogP contribution in [0.1, 0.15) is 30.0 Å². The van der Waals surface area contributed by atoms with E-state index in [9.17, 15) is 23.1 Å². The maximum absolute atomic E-state index is 13.1. The SMILES string of the molecule is CC(CO)(Nc1nc2c(CNC(=O)N3CCC3)cccc2[nH]1)c1cccc(C(F)(F)F)c1. The first-order valence-corrected chi connectivity index (χ1v) is 10.3. The van der Waals surface area contributed by atoms with Crippen molar-refractivity contribution in [1.82, 2.24) is 20.2 Å². The molecule has 0 aliphatic carbocycles. The van der Waals surface area contributed by atoms with E-state index in [1.807, 2.05) is 18.2 Å². The summed E-state index contributed by atoms with van der Waals surface area (Å²) < 4.78 is 39.4. The first-order chi connectivity index (χ1) is 15.2. The van der Waals surface area contributed by atoms with E-state index >= 15 is 0 Å². The van der Waals surface area contributed by atoms with Gasteiger partial charge in [0, 0.05) is 19.6 Å². The summed E-state index contributed by atoms with van der Waals surface area (Å²) in [6.45, 7) is 2.94. The highest BCUT2D eigenvalue weighted by Gasteiger charge is 2.34. The Labute approximate surface area is 182 Å². The lowest BCUT2D eigenvalue weighted by molar-refractivity contribution is -0.137. The molecule has 170 valence electrons. The number of rotatable bonds is 6. The lowest BCUT2D eigenvalue weighted by Gasteiger charge is -2.30. The van der Waals surface area contributed by atoms with Crippen LogP contribution >= 0.6 is 0 Å². The van der Waals surface area contributed by atoms with Crippen molar-refractivity contribution in [2.75, 3.05) is 25.0 Å². The minimum atomic E-state index is -4.48. The molecule has 0 bridgehead atoms. The fraction of sp³-hybridized carbons (Fsp3) is 0.364. The van der Waals surface area contributed by atoms with Crippen LogP contribution in [0.15, 0.2) is 42.5 Å². The van der Waals surface area contributed by atoms with Crippen LogP contribution < -0.4 is 10.6 Å². The lowest BCUT2D eigenvalue weighted by atomic mass is 9.91. The Morgan fingerprint density at radius 1 is 1.19 bits per heavy atom. The number of alkyl halides is 3. The number of benzene rings is 2. The van der Waals surface area contributed by atoms with Gasteiger partial charge in [0.1, 0.15) is 0 Å². The molecule has 7 nitrogen and oxygen atoms in total. The highest BCUT2D eigenvalue weighted by molar-refractivity contribution is 5.82. The number of aromatic amines is 1. The summed E-state index contributed by atoms with van der Waals surface area (Å²) in [5, 5.41) is 15.9. The van der Waals surface area contributed by atoms with Crippen LogP contribution in [0.3, 0.4) is 0 Å². The summed E-state index contributed by atoms with van der Waals surface area (Å²) in [6.07, 6.45) is -3.48. The number of fused-ring (bicyclic) bond motifs is 1. The molecule has 0 spiro atoms. The van der Waals surface area contributed by atoms with Gasteiger partial charge in [-0.15, -0.1) is 0 Å². The van der Waals surface area contributed by atoms with Gasteiger partial charge in [-0.25, -0.2) is 9.78 Å². The molecule has 1 aliphatic heterocycles. The van der Waals surface area contributed by atoms with E-state index < -0.39 is 23.9 Å². The minimum absolute atomic E-state index is 0.125. The molecule has 0 radical (unpaired) electrons. The maximum Gasteiger partial charge on any atom is 0.416 e. The van der Waals surface area contributed by atoms with Crippen LogP contribution in [-0.2, 0) is 18.3 Å². The molecule has 2 amide bonds. The average Bonchev–Trinajstić information content (AvgIpc) is 3.13. The number of nitrogens with zero attached hydrogens (tertiary/aromatic N) is 2. The van der Waals surface area contributed by atoms with Gasteiger partial charge in [0.05, 0.1) is 28.7 Å². The standard InChI is InChI=1S/C22H24F3N5O2/c1-21(13-31,15-6-3-7-16(11-15)22(23,24)25)29-19-27-17-8-2-5-14(18(17)28-19)12-26-20(32)30-9-4-10-30/h2-3,5-8,11,31H,4,9-10,12-13H2,1H3,(H,26,32)(H2,27,28,29). The van der Waals surface area contributed by atoms with Gasteiger partial charge < -0.3 is 25.6 Å².